The molecular formula is C17H20N6O4. The first-order valence-corrected chi connectivity index (χ1v) is 8.53. The molecule has 1 aliphatic rings. The minimum Gasteiger partial charge on any atom is -0.469 e. The lowest BCUT2D eigenvalue weighted by Gasteiger charge is -2.19. The Balaban J connectivity index is 1.89. The highest BCUT2D eigenvalue weighted by Crippen LogP contribution is 2.27. The summed E-state index contributed by atoms with van der Waals surface area (Å²) in [6, 6.07) is 2.82. The van der Waals surface area contributed by atoms with Gasteiger partial charge in [0, 0.05) is 13.0 Å². The SMILES string of the molecule is COC(=O)[C@H]1CCC[C@@H]1NC(=O)c1nc(NC(C)=O)ccc1-n1nccn1. The molecule has 10 heteroatoms. The number of ether oxygens (including phenoxy) is 1. The zero-order chi connectivity index (χ0) is 19.4. The van der Waals surface area contributed by atoms with Gasteiger partial charge in [0.2, 0.25) is 5.91 Å². The van der Waals surface area contributed by atoms with Crippen molar-refractivity contribution in [2.75, 3.05) is 12.4 Å². The molecule has 2 heterocycles. The van der Waals surface area contributed by atoms with Gasteiger partial charge >= 0.3 is 5.97 Å². The smallest absolute Gasteiger partial charge is 0.310 e. The number of methoxy groups -OCH3 is 1. The van der Waals surface area contributed by atoms with Crippen LogP contribution in [0.15, 0.2) is 24.5 Å². The zero-order valence-electron chi connectivity index (χ0n) is 15.0. The molecule has 2 N–H and O–H groups in total. The summed E-state index contributed by atoms with van der Waals surface area (Å²) in [6.07, 6.45) is 5.11. The molecule has 0 saturated heterocycles. The van der Waals surface area contributed by atoms with E-state index in [1.807, 2.05) is 0 Å². The maximum Gasteiger partial charge on any atom is 0.310 e. The van der Waals surface area contributed by atoms with Crippen LogP contribution in [-0.4, -0.2) is 50.9 Å². The molecule has 1 saturated carbocycles. The maximum atomic E-state index is 12.9. The van der Waals surface area contributed by atoms with Gasteiger partial charge in [-0.3, -0.25) is 14.4 Å². The van der Waals surface area contributed by atoms with Crippen LogP contribution >= 0.6 is 0 Å². The molecule has 2 aromatic heterocycles. The molecule has 1 aliphatic carbocycles. The number of anilines is 1. The Hall–Kier alpha value is -3.30. The Morgan fingerprint density at radius 1 is 1.19 bits per heavy atom. The average Bonchev–Trinajstić information content (AvgIpc) is 3.32. The van der Waals surface area contributed by atoms with Crippen LogP contribution in [0.1, 0.15) is 36.7 Å². The number of pyridine rings is 1. The lowest BCUT2D eigenvalue weighted by Crippen LogP contribution is -2.41. The topological polar surface area (TPSA) is 128 Å². The van der Waals surface area contributed by atoms with E-state index in [1.54, 1.807) is 12.1 Å². The second-order valence-corrected chi connectivity index (χ2v) is 6.20. The number of hydrogen-bond donors (Lipinski definition) is 2. The average molecular weight is 372 g/mol. The Morgan fingerprint density at radius 3 is 2.59 bits per heavy atom. The highest BCUT2D eigenvalue weighted by molar-refractivity contribution is 5.97. The molecule has 27 heavy (non-hydrogen) atoms. The summed E-state index contributed by atoms with van der Waals surface area (Å²) in [5, 5.41) is 13.5. The first-order chi connectivity index (χ1) is 13.0. The molecule has 0 aliphatic heterocycles. The van der Waals surface area contributed by atoms with Crippen LogP contribution in [0.5, 0.6) is 0 Å². The van der Waals surface area contributed by atoms with Crippen molar-refractivity contribution in [1.82, 2.24) is 25.3 Å². The Kier molecular flexibility index (Phi) is 5.43. The summed E-state index contributed by atoms with van der Waals surface area (Å²) in [7, 11) is 1.33. The van der Waals surface area contributed by atoms with Gasteiger partial charge in [-0.2, -0.15) is 10.2 Å². The molecule has 0 unspecified atom stereocenters. The van der Waals surface area contributed by atoms with Crippen molar-refractivity contribution < 1.29 is 19.1 Å². The fourth-order valence-corrected chi connectivity index (χ4v) is 3.17. The number of amides is 2. The van der Waals surface area contributed by atoms with Crippen LogP contribution in [0, 0.1) is 5.92 Å². The first-order valence-electron chi connectivity index (χ1n) is 8.53. The van der Waals surface area contributed by atoms with Gasteiger partial charge in [0.05, 0.1) is 25.4 Å². The monoisotopic (exact) mass is 372 g/mol. The number of carbonyl (C=O) groups is 3. The van der Waals surface area contributed by atoms with Crippen LogP contribution < -0.4 is 10.6 Å². The Morgan fingerprint density at radius 2 is 1.93 bits per heavy atom. The van der Waals surface area contributed by atoms with Gasteiger partial charge in [-0.15, -0.1) is 4.80 Å². The fourth-order valence-electron chi connectivity index (χ4n) is 3.17. The van der Waals surface area contributed by atoms with Crippen LogP contribution in [0.25, 0.3) is 5.69 Å². The minimum absolute atomic E-state index is 0.0490. The number of nitrogens with zero attached hydrogens (tertiary/aromatic N) is 4. The van der Waals surface area contributed by atoms with E-state index in [-0.39, 0.29) is 35.3 Å². The Labute approximate surface area is 155 Å². The summed E-state index contributed by atoms with van der Waals surface area (Å²) in [5.74, 6) is -1.27. The van der Waals surface area contributed by atoms with Gasteiger partial charge in [-0.25, -0.2) is 4.98 Å². The van der Waals surface area contributed by atoms with Crippen LogP contribution in [0.3, 0.4) is 0 Å². The molecular weight excluding hydrogens is 352 g/mol. The molecule has 0 spiro atoms. The second-order valence-electron chi connectivity index (χ2n) is 6.20. The van der Waals surface area contributed by atoms with E-state index in [9.17, 15) is 14.4 Å². The van der Waals surface area contributed by atoms with Crippen LogP contribution in [-0.2, 0) is 14.3 Å². The minimum atomic E-state index is -0.477. The van der Waals surface area contributed by atoms with Gasteiger partial charge < -0.3 is 15.4 Å². The predicted molar refractivity (Wildman–Crippen MR) is 94.1 cm³/mol. The van der Waals surface area contributed by atoms with E-state index < -0.39 is 5.91 Å². The van der Waals surface area contributed by atoms with Crippen molar-refractivity contribution in [1.29, 1.82) is 0 Å². The predicted octanol–water partition coefficient (Wildman–Crippen LogP) is 0.692. The van der Waals surface area contributed by atoms with Crippen molar-refractivity contribution in [3.8, 4) is 5.69 Å². The van der Waals surface area contributed by atoms with Gasteiger partial charge in [0.25, 0.3) is 5.91 Å². The van der Waals surface area contributed by atoms with Crippen molar-refractivity contribution in [2.24, 2.45) is 5.92 Å². The fraction of sp³-hybridized carbons (Fsp3) is 0.412. The summed E-state index contributed by atoms with van der Waals surface area (Å²) in [4.78, 5) is 41.6. The zero-order valence-corrected chi connectivity index (χ0v) is 15.0. The third-order valence-corrected chi connectivity index (χ3v) is 4.36. The van der Waals surface area contributed by atoms with E-state index in [0.29, 0.717) is 18.5 Å². The molecule has 0 radical (unpaired) electrons. The van der Waals surface area contributed by atoms with Gasteiger partial charge in [-0.1, -0.05) is 6.42 Å². The van der Waals surface area contributed by atoms with Crippen LogP contribution in [0.2, 0.25) is 0 Å². The summed E-state index contributed by atoms with van der Waals surface area (Å²) in [6.45, 7) is 1.35. The largest absolute Gasteiger partial charge is 0.469 e. The summed E-state index contributed by atoms with van der Waals surface area (Å²) >= 11 is 0. The number of rotatable bonds is 5. The van der Waals surface area contributed by atoms with Crippen molar-refractivity contribution in [3.63, 3.8) is 0 Å². The van der Waals surface area contributed by atoms with Gasteiger partial charge in [0.15, 0.2) is 5.69 Å². The highest BCUT2D eigenvalue weighted by atomic mass is 16.5. The highest BCUT2D eigenvalue weighted by Gasteiger charge is 2.35. The molecule has 142 valence electrons. The molecule has 2 aromatic rings. The van der Waals surface area contributed by atoms with Gasteiger partial charge in [-0.05, 0) is 25.0 Å². The van der Waals surface area contributed by atoms with E-state index in [4.69, 9.17) is 4.74 Å². The maximum absolute atomic E-state index is 12.9. The third-order valence-electron chi connectivity index (χ3n) is 4.36. The molecule has 0 aromatic carbocycles. The molecule has 1 fully saturated rings. The molecule has 0 bridgehead atoms. The van der Waals surface area contributed by atoms with Crippen LogP contribution in [0.4, 0.5) is 5.82 Å². The molecule has 3 rings (SSSR count). The van der Waals surface area contributed by atoms with Crippen molar-refractivity contribution in [2.45, 2.75) is 32.2 Å². The summed E-state index contributed by atoms with van der Waals surface area (Å²) < 4.78 is 4.82. The van der Waals surface area contributed by atoms with Crippen molar-refractivity contribution >= 4 is 23.6 Å². The molecule has 2 atom stereocenters. The number of nitrogens with one attached hydrogen (secondary N) is 2. The van der Waals surface area contributed by atoms with E-state index in [0.717, 1.165) is 6.42 Å². The number of esters is 1. The van der Waals surface area contributed by atoms with E-state index in [2.05, 4.69) is 25.8 Å². The second kappa shape index (κ2) is 7.94. The third kappa shape index (κ3) is 4.10. The van der Waals surface area contributed by atoms with E-state index in [1.165, 1.54) is 31.2 Å². The molecule has 2 amide bonds. The standard InChI is InChI=1S/C17H20N6O4/c1-10(24)20-14-7-6-13(23-18-8-9-19-23)15(22-14)16(25)21-12-5-3-4-11(12)17(26)27-2/h6-9,11-12H,3-5H2,1-2H3,(H,21,25)(H,20,22,24)/t11-,12-/m0/s1. The lowest BCUT2D eigenvalue weighted by molar-refractivity contribution is -0.145. The van der Waals surface area contributed by atoms with Crippen molar-refractivity contribution in [3.05, 3.63) is 30.2 Å². The number of hydrogen-bond acceptors (Lipinski definition) is 7. The van der Waals surface area contributed by atoms with E-state index >= 15 is 0 Å². The first kappa shape index (κ1) is 18.5. The quantitative estimate of drug-likeness (QED) is 0.739. The molecule has 10 nitrogen and oxygen atoms in total. The number of aromatic nitrogens is 4. The van der Waals surface area contributed by atoms with Gasteiger partial charge in [0.1, 0.15) is 11.5 Å². The summed E-state index contributed by atoms with van der Waals surface area (Å²) in [5.41, 5.74) is 0.409. The Bertz CT molecular complexity index is 851. The normalized spacial score (nSPS) is 18.7. The lowest BCUT2D eigenvalue weighted by atomic mass is 10.0. The number of carbonyl (C=O) groups excluding carboxylic acids is 3.